The number of nitro groups is 1. The molecule has 8 nitrogen and oxygen atoms in total. The van der Waals surface area contributed by atoms with Gasteiger partial charge in [0.05, 0.1) is 16.3 Å². The number of nitrogens with zero attached hydrogens (tertiary/aromatic N) is 3. The molecule has 0 unspecified atom stereocenters. The molecule has 3 aromatic heterocycles. The second-order valence-corrected chi connectivity index (χ2v) is 8.63. The first kappa shape index (κ1) is 19.9. The van der Waals surface area contributed by atoms with Crippen molar-refractivity contribution in [2.24, 2.45) is 0 Å². The van der Waals surface area contributed by atoms with Gasteiger partial charge in [-0.2, -0.15) is 0 Å². The molecule has 3 N–H and O–H groups in total. The zero-order valence-corrected chi connectivity index (χ0v) is 18.0. The Bertz CT molecular complexity index is 1330. The lowest BCUT2D eigenvalue weighted by molar-refractivity contribution is -0.384. The summed E-state index contributed by atoms with van der Waals surface area (Å²) >= 11 is 2.49. The first-order valence-corrected chi connectivity index (χ1v) is 10.6. The van der Waals surface area contributed by atoms with Crippen molar-refractivity contribution < 1.29 is 9.72 Å². The lowest BCUT2D eigenvalue weighted by Gasteiger charge is -2.05. The zero-order chi connectivity index (χ0) is 21.6. The number of thiazole rings is 1. The maximum atomic E-state index is 12.8. The highest BCUT2D eigenvalue weighted by Gasteiger charge is 2.21. The van der Waals surface area contributed by atoms with Gasteiger partial charge in [0.25, 0.3) is 11.6 Å². The molecule has 0 spiro atoms. The number of carbonyl (C=O) groups is 1. The topological polar surface area (TPSA) is 124 Å². The van der Waals surface area contributed by atoms with Gasteiger partial charge in [-0.1, -0.05) is 12.1 Å². The molecule has 152 valence electrons. The maximum Gasteiger partial charge on any atom is 0.270 e. The fraction of sp³-hybridized carbons (Fsp3) is 0.150. The van der Waals surface area contributed by atoms with Gasteiger partial charge in [0.1, 0.15) is 9.71 Å². The number of anilines is 2. The van der Waals surface area contributed by atoms with Gasteiger partial charge in [0.15, 0.2) is 5.13 Å². The van der Waals surface area contributed by atoms with Crippen molar-refractivity contribution in [2.75, 3.05) is 11.1 Å². The molecule has 0 saturated heterocycles. The molecule has 0 aliphatic rings. The summed E-state index contributed by atoms with van der Waals surface area (Å²) in [5.74, 6) is -0.356. The molecule has 1 aromatic carbocycles. The number of hydrogen-bond acceptors (Lipinski definition) is 8. The molecule has 0 atom stereocenters. The third kappa shape index (κ3) is 3.40. The number of non-ortho nitro benzene ring substituents is 1. The molecule has 0 radical (unpaired) electrons. The van der Waals surface area contributed by atoms with Crippen LogP contribution in [0.5, 0.6) is 0 Å². The highest BCUT2D eigenvalue weighted by molar-refractivity contribution is 7.21. The van der Waals surface area contributed by atoms with E-state index in [1.165, 1.54) is 34.8 Å². The van der Waals surface area contributed by atoms with Crippen LogP contribution in [-0.2, 0) is 0 Å². The Morgan fingerprint density at radius 3 is 2.70 bits per heavy atom. The van der Waals surface area contributed by atoms with Crippen LogP contribution in [0, 0.1) is 30.9 Å². The first-order chi connectivity index (χ1) is 14.3. The van der Waals surface area contributed by atoms with Crippen molar-refractivity contribution in [3.8, 4) is 11.3 Å². The average molecular weight is 440 g/mol. The Balaban J connectivity index is 1.63. The van der Waals surface area contributed by atoms with Crippen LogP contribution in [0.2, 0.25) is 0 Å². The maximum absolute atomic E-state index is 12.8. The minimum absolute atomic E-state index is 0.0161. The van der Waals surface area contributed by atoms with Crippen LogP contribution in [0.4, 0.5) is 16.5 Å². The zero-order valence-electron chi connectivity index (χ0n) is 16.3. The predicted octanol–water partition coefficient (Wildman–Crippen LogP) is 5.09. The molecule has 0 aliphatic carbocycles. The lowest BCUT2D eigenvalue weighted by atomic mass is 10.1. The van der Waals surface area contributed by atoms with Gasteiger partial charge in [0, 0.05) is 34.2 Å². The van der Waals surface area contributed by atoms with Crippen LogP contribution < -0.4 is 11.1 Å². The van der Waals surface area contributed by atoms with E-state index in [0.29, 0.717) is 27.0 Å². The minimum atomic E-state index is -0.456. The van der Waals surface area contributed by atoms with Crippen molar-refractivity contribution in [3.63, 3.8) is 0 Å². The van der Waals surface area contributed by atoms with Gasteiger partial charge in [-0.05, 0) is 31.9 Å². The number of nitrogens with two attached hydrogens (primary N) is 1. The molecule has 1 amide bonds. The quantitative estimate of drug-likeness (QED) is 0.337. The Morgan fingerprint density at radius 1 is 1.20 bits per heavy atom. The van der Waals surface area contributed by atoms with E-state index >= 15 is 0 Å². The molecule has 0 fully saturated rings. The first-order valence-electron chi connectivity index (χ1n) is 8.93. The molecule has 0 bridgehead atoms. The SMILES string of the molecule is Cc1nc2sc(C(=O)Nc3nc(-c4cccc([N+](=O)[O-])c4)cs3)c(N)c2c(C)c1C. The number of thiophene rings is 1. The number of rotatable bonds is 4. The second-order valence-electron chi connectivity index (χ2n) is 6.77. The molecule has 30 heavy (non-hydrogen) atoms. The van der Waals surface area contributed by atoms with E-state index in [1.54, 1.807) is 17.5 Å². The van der Waals surface area contributed by atoms with Gasteiger partial charge in [-0.15, -0.1) is 22.7 Å². The van der Waals surface area contributed by atoms with Crippen molar-refractivity contribution in [2.45, 2.75) is 20.8 Å². The van der Waals surface area contributed by atoms with Crippen LogP contribution in [-0.4, -0.2) is 20.8 Å². The summed E-state index contributed by atoms with van der Waals surface area (Å²) in [7, 11) is 0. The molecule has 0 saturated carbocycles. The van der Waals surface area contributed by atoms with Crippen LogP contribution in [0.3, 0.4) is 0 Å². The lowest BCUT2D eigenvalue weighted by Crippen LogP contribution is -2.11. The normalized spacial score (nSPS) is 11.0. The van der Waals surface area contributed by atoms with E-state index in [9.17, 15) is 14.9 Å². The summed E-state index contributed by atoms with van der Waals surface area (Å²) in [5, 5.41) is 16.7. The summed E-state index contributed by atoms with van der Waals surface area (Å²) in [6.07, 6.45) is 0. The van der Waals surface area contributed by atoms with Gasteiger partial charge in [-0.3, -0.25) is 20.2 Å². The van der Waals surface area contributed by atoms with Crippen LogP contribution in [0.15, 0.2) is 29.6 Å². The van der Waals surface area contributed by atoms with Crippen molar-refractivity contribution in [1.29, 1.82) is 0 Å². The monoisotopic (exact) mass is 439 g/mol. The van der Waals surface area contributed by atoms with Gasteiger partial charge in [0.2, 0.25) is 0 Å². The number of nitro benzene ring substituents is 1. The number of nitrogen functional groups attached to an aromatic ring is 1. The summed E-state index contributed by atoms with van der Waals surface area (Å²) in [6, 6.07) is 6.20. The number of amides is 1. The van der Waals surface area contributed by atoms with E-state index in [1.807, 2.05) is 20.8 Å². The van der Waals surface area contributed by atoms with E-state index in [2.05, 4.69) is 15.3 Å². The third-order valence-electron chi connectivity index (χ3n) is 4.96. The molecule has 4 rings (SSSR count). The Kier molecular flexibility index (Phi) is 4.96. The smallest absolute Gasteiger partial charge is 0.270 e. The fourth-order valence-corrected chi connectivity index (χ4v) is 4.94. The molecular formula is C20H17N5O3S2. The van der Waals surface area contributed by atoms with E-state index in [4.69, 9.17) is 5.73 Å². The van der Waals surface area contributed by atoms with Crippen molar-refractivity contribution >= 4 is 55.3 Å². The number of benzene rings is 1. The van der Waals surface area contributed by atoms with Gasteiger partial charge in [-0.25, -0.2) is 9.97 Å². The summed E-state index contributed by atoms with van der Waals surface area (Å²) in [4.78, 5) is 33.4. The Morgan fingerprint density at radius 2 is 1.97 bits per heavy atom. The van der Waals surface area contributed by atoms with E-state index in [0.717, 1.165) is 27.0 Å². The highest BCUT2D eigenvalue weighted by atomic mass is 32.1. The fourth-order valence-electron chi connectivity index (χ4n) is 3.13. The summed E-state index contributed by atoms with van der Waals surface area (Å²) in [6.45, 7) is 5.89. The molecule has 3 heterocycles. The number of nitrogens with one attached hydrogen (secondary N) is 1. The molecule has 0 aliphatic heterocycles. The molecule has 4 aromatic rings. The number of fused-ring (bicyclic) bond motifs is 1. The van der Waals surface area contributed by atoms with E-state index < -0.39 is 4.92 Å². The van der Waals surface area contributed by atoms with Crippen LogP contribution in [0.1, 0.15) is 26.5 Å². The molecular weight excluding hydrogens is 422 g/mol. The summed E-state index contributed by atoms with van der Waals surface area (Å²) in [5.41, 5.74) is 10.8. The number of aromatic nitrogens is 2. The number of aryl methyl sites for hydroxylation is 2. The number of hydrogen-bond donors (Lipinski definition) is 2. The molecule has 10 heteroatoms. The Labute approximate surface area is 179 Å². The Hall–Kier alpha value is -3.37. The van der Waals surface area contributed by atoms with E-state index in [-0.39, 0.29) is 11.6 Å². The predicted molar refractivity (Wildman–Crippen MR) is 120 cm³/mol. The minimum Gasteiger partial charge on any atom is -0.397 e. The third-order valence-corrected chi connectivity index (χ3v) is 6.82. The van der Waals surface area contributed by atoms with Crippen LogP contribution in [0.25, 0.3) is 21.5 Å². The van der Waals surface area contributed by atoms with Gasteiger partial charge < -0.3 is 5.73 Å². The second kappa shape index (κ2) is 7.47. The van der Waals surface area contributed by atoms with Gasteiger partial charge >= 0.3 is 0 Å². The standard InChI is InChI=1S/C20H17N5O3S2/c1-9-10(2)15-16(21)17(30-19(15)22-11(9)3)18(26)24-20-23-14(8-29-20)12-5-4-6-13(7-12)25(27)28/h4-8H,21H2,1-3H3,(H,23,24,26). The highest BCUT2D eigenvalue weighted by Crippen LogP contribution is 2.37. The summed E-state index contributed by atoms with van der Waals surface area (Å²) < 4.78 is 0. The number of carbonyl (C=O) groups excluding carboxylic acids is 1. The van der Waals surface area contributed by atoms with Crippen molar-refractivity contribution in [1.82, 2.24) is 9.97 Å². The number of pyridine rings is 1. The van der Waals surface area contributed by atoms with Crippen LogP contribution >= 0.6 is 22.7 Å². The largest absolute Gasteiger partial charge is 0.397 e. The average Bonchev–Trinajstić information content (AvgIpc) is 3.31. The van der Waals surface area contributed by atoms with Crippen molar-refractivity contribution in [3.05, 3.63) is 61.5 Å².